The van der Waals surface area contributed by atoms with Crippen LogP contribution in [0, 0.1) is 10.7 Å². The molecule has 2 N–H and O–H groups in total. The second-order valence-electron chi connectivity index (χ2n) is 6.46. The Morgan fingerprint density at radius 1 is 1.11 bits per heavy atom. The molecule has 0 aliphatic heterocycles. The van der Waals surface area contributed by atoms with Crippen LogP contribution in [0.15, 0.2) is 71.2 Å². The molecule has 3 rings (SSSR count). The molecular weight excluding hydrogens is 372 g/mol. The molecule has 0 atom stereocenters. The van der Waals surface area contributed by atoms with E-state index in [1.165, 1.54) is 10.6 Å². The van der Waals surface area contributed by atoms with E-state index in [2.05, 4.69) is 10.7 Å². The van der Waals surface area contributed by atoms with Crippen LogP contribution in [0.1, 0.15) is 19.4 Å². The second kappa shape index (κ2) is 8.57. The standard InChI is InChI=1S/C22H20N2O3S/c1-15(2)7-6-10-19-20(25)23-22(28)24(21(19)26)16-11-13-18(14-12-16)27-17-8-4-3-5-9-17/h3-5,7-15,26H,1-2H3,(H,23,25,28). The summed E-state index contributed by atoms with van der Waals surface area (Å²) in [5.74, 6) is 1.41. The number of benzene rings is 2. The average Bonchev–Trinajstić information content (AvgIpc) is 2.66. The van der Waals surface area contributed by atoms with Gasteiger partial charge in [-0.05, 0) is 66.7 Å². The monoisotopic (exact) mass is 392 g/mol. The molecular formula is C22H20N2O3S. The Morgan fingerprint density at radius 3 is 2.39 bits per heavy atom. The summed E-state index contributed by atoms with van der Waals surface area (Å²) < 4.78 is 7.27. The summed E-state index contributed by atoms with van der Waals surface area (Å²) >= 11 is 5.23. The molecule has 0 fully saturated rings. The molecule has 142 valence electrons. The maximum absolute atomic E-state index is 12.2. The average molecular weight is 392 g/mol. The van der Waals surface area contributed by atoms with Crippen LogP contribution in [0.25, 0.3) is 11.8 Å². The zero-order valence-electron chi connectivity index (χ0n) is 15.5. The van der Waals surface area contributed by atoms with E-state index >= 15 is 0 Å². The number of allylic oxidation sites excluding steroid dienone is 1. The first-order valence-corrected chi connectivity index (χ1v) is 9.21. The zero-order valence-corrected chi connectivity index (χ0v) is 16.4. The van der Waals surface area contributed by atoms with E-state index < -0.39 is 5.56 Å². The Hall–Kier alpha value is -3.34. The molecule has 0 bridgehead atoms. The van der Waals surface area contributed by atoms with Crippen molar-refractivity contribution in [3.8, 4) is 23.1 Å². The van der Waals surface area contributed by atoms with Crippen LogP contribution in [0.4, 0.5) is 0 Å². The van der Waals surface area contributed by atoms with Gasteiger partial charge in [0.1, 0.15) is 17.1 Å². The van der Waals surface area contributed by atoms with Gasteiger partial charge >= 0.3 is 0 Å². The molecule has 0 saturated carbocycles. The summed E-state index contributed by atoms with van der Waals surface area (Å²) in [6.45, 7) is 3.99. The number of hydrogen-bond acceptors (Lipinski definition) is 4. The number of para-hydroxylation sites is 1. The maximum Gasteiger partial charge on any atom is 0.263 e. The molecule has 0 unspecified atom stereocenters. The Morgan fingerprint density at radius 2 is 1.75 bits per heavy atom. The summed E-state index contributed by atoms with van der Waals surface area (Å²) in [5.41, 5.74) is 3.15. The normalized spacial score (nSPS) is 10.4. The fourth-order valence-electron chi connectivity index (χ4n) is 2.52. The number of ether oxygens (including phenoxy) is 1. The number of hydrogen-bond donors (Lipinski definition) is 2. The molecule has 0 amide bonds. The molecule has 0 aliphatic rings. The van der Waals surface area contributed by atoms with Crippen LogP contribution in [-0.2, 0) is 0 Å². The molecule has 5 nitrogen and oxygen atoms in total. The van der Waals surface area contributed by atoms with Gasteiger partial charge in [0.05, 0.1) is 5.69 Å². The molecule has 28 heavy (non-hydrogen) atoms. The lowest BCUT2D eigenvalue weighted by atomic mass is 10.2. The van der Waals surface area contributed by atoms with Crippen LogP contribution in [0.5, 0.6) is 17.4 Å². The van der Waals surface area contributed by atoms with Gasteiger partial charge in [-0.2, -0.15) is 0 Å². The number of nitrogens with one attached hydrogen (secondary N) is 1. The van der Waals surface area contributed by atoms with Crippen molar-refractivity contribution in [2.45, 2.75) is 13.8 Å². The van der Waals surface area contributed by atoms with Crippen molar-refractivity contribution in [2.24, 2.45) is 5.92 Å². The fourth-order valence-corrected chi connectivity index (χ4v) is 2.80. The maximum atomic E-state index is 12.2. The number of aromatic amines is 1. The van der Waals surface area contributed by atoms with Crippen molar-refractivity contribution >= 4 is 18.3 Å². The third-order valence-corrected chi connectivity index (χ3v) is 4.14. The summed E-state index contributed by atoms with van der Waals surface area (Å²) in [6, 6.07) is 16.5. The van der Waals surface area contributed by atoms with Gasteiger partial charge in [-0.15, -0.1) is 5.73 Å². The lowest BCUT2D eigenvalue weighted by Gasteiger charge is -2.12. The van der Waals surface area contributed by atoms with Crippen LogP contribution in [0.2, 0.25) is 0 Å². The van der Waals surface area contributed by atoms with Crippen molar-refractivity contribution in [1.29, 1.82) is 0 Å². The largest absolute Gasteiger partial charge is 0.494 e. The predicted molar refractivity (Wildman–Crippen MR) is 113 cm³/mol. The molecule has 6 heteroatoms. The summed E-state index contributed by atoms with van der Waals surface area (Å²) in [6.07, 6.45) is 3.26. The smallest absolute Gasteiger partial charge is 0.263 e. The van der Waals surface area contributed by atoms with E-state index in [1.807, 2.05) is 44.2 Å². The van der Waals surface area contributed by atoms with Gasteiger partial charge in [-0.3, -0.25) is 14.3 Å². The highest BCUT2D eigenvalue weighted by molar-refractivity contribution is 7.71. The van der Waals surface area contributed by atoms with Crippen molar-refractivity contribution in [2.75, 3.05) is 0 Å². The third kappa shape index (κ3) is 4.49. The summed E-state index contributed by atoms with van der Waals surface area (Å²) in [4.78, 5) is 14.8. The molecule has 3 aromatic rings. The fraction of sp³-hybridized carbons (Fsp3) is 0.136. The molecule has 0 spiro atoms. The lowest BCUT2D eigenvalue weighted by Crippen LogP contribution is -2.15. The highest BCUT2D eigenvalue weighted by atomic mass is 32.1. The van der Waals surface area contributed by atoms with Crippen molar-refractivity contribution < 1.29 is 9.84 Å². The van der Waals surface area contributed by atoms with Crippen LogP contribution in [0.3, 0.4) is 0 Å². The summed E-state index contributed by atoms with van der Waals surface area (Å²) in [7, 11) is 0. The second-order valence-corrected chi connectivity index (χ2v) is 6.85. The molecule has 1 aromatic heterocycles. The van der Waals surface area contributed by atoms with E-state index in [0.29, 0.717) is 11.4 Å². The first-order valence-electron chi connectivity index (χ1n) is 8.80. The van der Waals surface area contributed by atoms with Gasteiger partial charge in [-0.25, -0.2) is 0 Å². The highest BCUT2D eigenvalue weighted by Crippen LogP contribution is 2.25. The number of H-pyrrole nitrogens is 1. The number of aromatic nitrogens is 2. The SMILES string of the molecule is CC(C)C=C=Cc1c(O)n(-c2ccc(Oc3ccccc3)cc2)c(=S)[nH]c1=O. The van der Waals surface area contributed by atoms with Crippen molar-refractivity contribution in [3.63, 3.8) is 0 Å². The number of nitrogens with zero attached hydrogens (tertiary/aromatic N) is 1. The molecule has 0 aliphatic carbocycles. The van der Waals surface area contributed by atoms with E-state index in [0.717, 1.165) is 5.75 Å². The minimum absolute atomic E-state index is 0.0927. The van der Waals surface area contributed by atoms with Crippen LogP contribution < -0.4 is 10.3 Å². The Balaban J connectivity index is 1.98. The third-order valence-electron chi connectivity index (χ3n) is 3.85. The first-order chi connectivity index (χ1) is 13.5. The quantitative estimate of drug-likeness (QED) is 0.462. The first kappa shape index (κ1) is 19.4. The lowest BCUT2D eigenvalue weighted by molar-refractivity contribution is 0.431. The Kier molecular flexibility index (Phi) is 5.94. The van der Waals surface area contributed by atoms with Gasteiger partial charge in [-0.1, -0.05) is 32.0 Å². The summed E-state index contributed by atoms with van der Waals surface area (Å²) in [5, 5.41) is 10.6. The van der Waals surface area contributed by atoms with Gasteiger partial charge in [0, 0.05) is 0 Å². The van der Waals surface area contributed by atoms with Gasteiger partial charge in [0.15, 0.2) is 4.77 Å². The number of rotatable bonds is 5. The molecule has 2 aromatic carbocycles. The van der Waals surface area contributed by atoms with E-state index in [4.69, 9.17) is 17.0 Å². The predicted octanol–water partition coefficient (Wildman–Crippen LogP) is 5.22. The minimum Gasteiger partial charge on any atom is -0.494 e. The van der Waals surface area contributed by atoms with Crippen molar-refractivity contribution in [1.82, 2.24) is 9.55 Å². The van der Waals surface area contributed by atoms with Gasteiger partial charge < -0.3 is 9.84 Å². The van der Waals surface area contributed by atoms with Crippen molar-refractivity contribution in [3.05, 3.63) is 87.1 Å². The van der Waals surface area contributed by atoms with E-state index in [9.17, 15) is 9.90 Å². The minimum atomic E-state index is -0.465. The Labute approximate surface area is 167 Å². The zero-order chi connectivity index (χ0) is 20.1. The number of aromatic hydroxyl groups is 1. The van der Waals surface area contributed by atoms with Crippen LogP contribution in [-0.4, -0.2) is 14.7 Å². The van der Waals surface area contributed by atoms with E-state index in [-0.39, 0.29) is 22.1 Å². The van der Waals surface area contributed by atoms with Crippen LogP contribution >= 0.6 is 12.2 Å². The molecule has 0 radical (unpaired) electrons. The van der Waals surface area contributed by atoms with E-state index in [1.54, 1.807) is 30.3 Å². The molecule has 0 saturated heterocycles. The highest BCUT2D eigenvalue weighted by Gasteiger charge is 2.12. The molecule has 1 heterocycles. The van der Waals surface area contributed by atoms with Gasteiger partial charge in [0.25, 0.3) is 5.56 Å². The topological polar surface area (TPSA) is 67.2 Å². The Bertz CT molecular complexity index is 1140. The van der Waals surface area contributed by atoms with Gasteiger partial charge in [0.2, 0.25) is 5.88 Å².